The second kappa shape index (κ2) is 7.82. The second-order valence-electron chi connectivity index (χ2n) is 6.33. The van der Waals surface area contributed by atoms with Crippen LogP contribution in [0.2, 0.25) is 0 Å². The van der Waals surface area contributed by atoms with Gasteiger partial charge < -0.3 is 16.2 Å². The number of nitrogens with one attached hydrogen (secondary N) is 1. The number of hydrogen-bond acceptors (Lipinski definition) is 8. The summed E-state index contributed by atoms with van der Waals surface area (Å²) >= 11 is 0. The third kappa shape index (κ3) is 3.77. The number of methoxy groups -OCH3 is 1. The van der Waals surface area contributed by atoms with Gasteiger partial charge in [-0.2, -0.15) is 5.10 Å². The largest absolute Gasteiger partial charge is 0.453 e. The highest BCUT2D eigenvalue weighted by atomic mass is 19.1. The monoisotopic (exact) mass is 429 g/mol. The Bertz CT molecular complexity index is 1390. The van der Waals surface area contributed by atoms with E-state index in [-0.39, 0.29) is 46.4 Å². The van der Waals surface area contributed by atoms with Crippen molar-refractivity contribution in [2.75, 3.05) is 23.8 Å². The molecule has 31 heavy (non-hydrogen) atoms. The molecule has 10 nitrogen and oxygen atoms in total. The van der Waals surface area contributed by atoms with Crippen molar-refractivity contribution >= 4 is 34.4 Å². The maximum absolute atomic E-state index is 14.2. The number of hydrogen-bond donors (Lipinski definition) is 3. The highest BCUT2D eigenvalue weighted by molar-refractivity contribution is 5.94. The predicted octanol–water partition coefficient (Wildman–Crippen LogP) is 2.56. The molecule has 3 heterocycles. The molecule has 0 spiro atoms. The summed E-state index contributed by atoms with van der Waals surface area (Å²) in [5.74, 6) is -1.91. The molecule has 0 aliphatic heterocycles. The van der Waals surface area contributed by atoms with Crippen LogP contribution in [0, 0.1) is 11.6 Å². The van der Waals surface area contributed by atoms with Gasteiger partial charge in [-0.1, -0.05) is 18.2 Å². The third-order valence-corrected chi connectivity index (χ3v) is 4.33. The summed E-state index contributed by atoms with van der Waals surface area (Å²) in [6.07, 6.45) is -0.362. The zero-order valence-electron chi connectivity index (χ0n) is 18.6. The number of carbonyl (C=O) groups excluding carboxylic acids is 1. The number of rotatable bonds is 4. The highest BCUT2D eigenvalue weighted by Crippen LogP contribution is 2.30. The van der Waals surface area contributed by atoms with E-state index in [1.807, 2.05) is 0 Å². The molecule has 0 atom stereocenters. The first-order valence-corrected chi connectivity index (χ1v) is 8.70. The van der Waals surface area contributed by atoms with E-state index >= 15 is 0 Å². The third-order valence-electron chi connectivity index (χ3n) is 4.33. The summed E-state index contributed by atoms with van der Waals surface area (Å²) < 4.78 is 54.6. The molecular formula is C19H16F2N8O2. The van der Waals surface area contributed by atoms with Gasteiger partial charge >= 0.3 is 6.09 Å². The minimum atomic E-state index is -2.99. The SMILES string of the molecule is [2H]C([2H])([2H])OC(=O)Nc1c(N)nc(-c2nn(Cc3ccccc3F)c3ncc(F)cc23)nc1N. The van der Waals surface area contributed by atoms with Crippen LogP contribution in [0.1, 0.15) is 9.68 Å². The number of pyridine rings is 1. The number of nitrogens with zero attached hydrogens (tertiary/aromatic N) is 5. The molecule has 0 saturated heterocycles. The number of nitrogens with two attached hydrogens (primary N) is 2. The molecule has 0 bridgehead atoms. The minimum Gasteiger partial charge on any atom is -0.453 e. The van der Waals surface area contributed by atoms with Gasteiger partial charge in [0.15, 0.2) is 23.1 Å². The van der Waals surface area contributed by atoms with E-state index < -0.39 is 24.8 Å². The van der Waals surface area contributed by atoms with E-state index in [0.717, 1.165) is 12.3 Å². The summed E-state index contributed by atoms with van der Waals surface area (Å²) in [7, 11) is -2.99. The van der Waals surface area contributed by atoms with Crippen molar-refractivity contribution in [2.24, 2.45) is 0 Å². The molecule has 0 unspecified atom stereocenters. The van der Waals surface area contributed by atoms with Gasteiger partial charge in [0.05, 0.1) is 29.3 Å². The van der Waals surface area contributed by atoms with Crippen molar-refractivity contribution in [3.8, 4) is 11.5 Å². The topological polar surface area (TPSA) is 147 Å². The van der Waals surface area contributed by atoms with Crippen molar-refractivity contribution < 1.29 is 22.4 Å². The summed E-state index contributed by atoms with van der Waals surface area (Å²) in [4.78, 5) is 23.9. The first kappa shape index (κ1) is 16.4. The van der Waals surface area contributed by atoms with Gasteiger partial charge in [0.25, 0.3) is 0 Å². The Labute approximate surface area is 178 Å². The summed E-state index contributed by atoms with van der Waals surface area (Å²) in [6.45, 7) is -0.0205. The van der Waals surface area contributed by atoms with Crippen LogP contribution in [0.15, 0.2) is 36.5 Å². The number of carbonyl (C=O) groups is 1. The number of benzene rings is 1. The Hall–Kier alpha value is -4.35. The van der Waals surface area contributed by atoms with Gasteiger partial charge in [0, 0.05) is 5.56 Å². The van der Waals surface area contributed by atoms with Gasteiger partial charge in [-0.05, 0) is 12.1 Å². The predicted molar refractivity (Wildman–Crippen MR) is 109 cm³/mol. The average molecular weight is 429 g/mol. The maximum atomic E-state index is 14.2. The van der Waals surface area contributed by atoms with Crippen molar-refractivity contribution in [2.45, 2.75) is 6.54 Å². The van der Waals surface area contributed by atoms with E-state index in [1.165, 1.54) is 10.7 Å². The zero-order valence-corrected chi connectivity index (χ0v) is 15.6. The molecule has 0 fully saturated rings. The molecule has 1 amide bonds. The molecule has 158 valence electrons. The van der Waals surface area contributed by atoms with E-state index in [4.69, 9.17) is 15.6 Å². The number of amides is 1. The molecule has 12 heteroatoms. The summed E-state index contributed by atoms with van der Waals surface area (Å²) in [5.41, 5.74) is 12.1. The van der Waals surface area contributed by atoms with Crippen molar-refractivity contribution in [1.82, 2.24) is 24.7 Å². The molecule has 4 rings (SSSR count). The Balaban J connectivity index is 1.75. The van der Waals surface area contributed by atoms with Crippen LogP contribution in [0.4, 0.5) is 30.9 Å². The van der Waals surface area contributed by atoms with Crippen LogP contribution in [0.3, 0.4) is 0 Å². The van der Waals surface area contributed by atoms with Gasteiger partial charge in [-0.3, -0.25) is 5.32 Å². The van der Waals surface area contributed by atoms with Crippen LogP contribution < -0.4 is 16.8 Å². The number of nitrogen functional groups attached to an aromatic ring is 2. The van der Waals surface area contributed by atoms with Crippen molar-refractivity contribution in [3.05, 3.63) is 53.7 Å². The van der Waals surface area contributed by atoms with Crippen molar-refractivity contribution in [3.63, 3.8) is 0 Å². The molecular weight excluding hydrogens is 410 g/mol. The lowest BCUT2D eigenvalue weighted by atomic mass is 10.2. The molecule has 0 aliphatic rings. The Morgan fingerprint density at radius 1 is 1.26 bits per heavy atom. The molecule has 0 radical (unpaired) electrons. The molecule has 1 aromatic carbocycles. The number of fused-ring (bicyclic) bond motifs is 1. The first-order valence-electron chi connectivity index (χ1n) is 10.2. The second-order valence-corrected chi connectivity index (χ2v) is 6.33. The lowest BCUT2D eigenvalue weighted by Crippen LogP contribution is -2.16. The van der Waals surface area contributed by atoms with Crippen LogP contribution in [-0.4, -0.2) is 37.9 Å². The van der Waals surface area contributed by atoms with Crippen LogP contribution >= 0.6 is 0 Å². The summed E-state index contributed by atoms with van der Waals surface area (Å²) in [6, 6.07) is 7.21. The fraction of sp³-hybridized carbons (Fsp3) is 0.105. The Morgan fingerprint density at radius 3 is 2.71 bits per heavy atom. The van der Waals surface area contributed by atoms with E-state index in [9.17, 15) is 13.6 Å². The van der Waals surface area contributed by atoms with Crippen LogP contribution in [-0.2, 0) is 11.3 Å². The molecule has 0 aliphatic carbocycles. The van der Waals surface area contributed by atoms with Gasteiger partial charge in [-0.15, -0.1) is 0 Å². The lowest BCUT2D eigenvalue weighted by molar-refractivity contribution is 0.187. The van der Waals surface area contributed by atoms with Crippen LogP contribution in [0.25, 0.3) is 22.6 Å². The fourth-order valence-corrected chi connectivity index (χ4v) is 2.96. The van der Waals surface area contributed by atoms with Gasteiger partial charge in [0.1, 0.15) is 23.0 Å². The quantitative estimate of drug-likeness (QED) is 0.448. The minimum absolute atomic E-state index is 0.0205. The first-order chi connectivity index (χ1) is 16.0. The Kier molecular flexibility index (Phi) is 4.15. The van der Waals surface area contributed by atoms with E-state index in [0.29, 0.717) is 5.56 Å². The van der Waals surface area contributed by atoms with E-state index in [2.05, 4.69) is 30.1 Å². The number of ether oxygens (including phenoxy) is 1. The number of aromatic nitrogens is 5. The number of halogens is 2. The molecule has 4 aromatic rings. The average Bonchev–Trinajstić information content (AvgIpc) is 3.08. The van der Waals surface area contributed by atoms with E-state index in [1.54, 1.807) is 18.2 Å². The Morgan fingerprint density at radius 2 is 2.00 bits per heavy atom. The molecule has 5 N–H and O–H groups in total. The van der Waals surface area contributed by atoms with Gasteiger partial charge in [0.2, 0.25) is 0 Å². The van der Waals surface area contributed by atoms with Crippen LogP contribution in [0.5, 0.6) is 0 Å². The smallest absolute Gasteiger partial charge is 0.411 e. The normalized spacial score (nSPS) is 12.8. The lowest BCUT2D eigenvalue weighted by Gasteiger charge is -2.10. The standard InChI is InChI=1S/C19H16F2N8O2/c1-31-19(30)25-14-15(22)26-17(27-16(14)23)13-11-6-10(20)7-24-18(11)29(28-13)8-9-4-2-3-5-12(9)21/h2-7H,8H2,1H3,(H,25,30)(H4,22,23,26,27)/i1D3. The summed E-state index contributed by atoms with van der Waals surface area (Å²) in [5, 5.41) is 6.63. The van der Waals surface area contributed by atoms with Gasteiger partial charge in [-0.25, -0.2) is 33.2 Å². The van der Waals surface area contributed by atoms with Crippen molar-refractivity contribution in [1.29, 1.82) is 0 Å². The fourth-order valence-electron chi connectivity index (χ4n) is 2.96. The molecule has 3 aromatic heterocycles. The maximum Gasteiger partial charge on any atom is 0.411 e. The number of anilines is 3. The zero-order chi connectivity index (χ0) is 24.6. The molecule has 0 saturated carbocycles. The highest BCUT2D eigenvalue weighted by Gasteiger charge is 2.21.